The van der Waals surface area contributed by atoms with E-state index < -0.39 is 0 Å². The lowest BCUT2D eigenvalue weighted by Gasteiger charge is -2.07. The quantitative estimate of drug-likeness (QED) is 0.540. The summed E-state index contributed by atoms with van der Waals surface area (Å²) >= 11 is 0. The monoisotopic (exact) mass is 186 g/mol. The molecule has 0 fully saturated rings. The summed E-state index contributed by atoms with van der Waals surface area (Å²) in [5.74, 6) is 0. The highest BCUT2D eigenvalue weighted by Gasteiger charge is 2.18. The molecular formula is C12H14Si. The van der Waals surface area contributed by atoms with Gasteiger partial charge in [0.1, 0.15) is 0 Å². The molecule has 0 radical (unpaired) electrons. The molecule has 2 aliphatic rings. The topological polar surface area (TPSA) is 0 Å². The van der Waals surface area contributed by atoms with E-state index in [1.165, 1.54) is 35.1 Å². The fourth-order valence-corrected chi connectivity index (χ4v) is 3.25. The average Bonchev–Trinajstić information content (AvgIpc) is 2.70. The molecule has 0 bridgehead atoms. The third-order valence-electron chi connectivity index (χ3n) is 3.35. The Morgan fingerprint density at radius 3 is 2.77 bits per heavy atom. The van der Waals surface area contributed by atoms with Gasteiger partial charge in [0, 0.05) is 10.2 Å². The number of hydrogen-bond acceptors (Lipinski definition) is 0. The van der Waals surface area contributed by atoms with Crippen molar-refractivity contribution in [2.45, 2.75) is 24.8 Å². The van der Waals surface area contributed by atoms with Gasteiger partial charge in [-0.3, -0.25) is 0 Å². The first-order valence-electron chi connectivity index (χ1n) is 5.18. The number of allylic oxidation sites excluding steroid dienone is 1. The summed E-state index contributed by atoms with van der Waals surface area (Å²) in [6, 6.07) is 4.89. The molecule has 66 valence electrons. The van der Waals surface area contributed by atoms with Crippen LogP contribution in [0.25, 0.3) is 6.08 Å². The zero-order valence-electron chi connectivity index (χ0n) is 8.01. The molecule has 1 aromatic carbocycles. The molecule has 0 aromatic heterocycles. The predicted octanol–water partition coefficient (Wildman–Crippen LogP) is 1.61. The molecule has 0 nitrogen and oxygen atoms in total. The number of fused-ring (bicyclic) bond motifs is 2. The van der Waals surface area contributed by atoms with Crippen molar-refractivity contribution in [3.63, 3.8) is 0 Å². The van der Waals surface area contributed by atoms with Crippen molar-refractivity contribution < 1.29 is 0 Å². The van der Waals surface area contributed by atoms with Crippen LogP contribution in [0.15, 0.2) is 18.2 Å². The van der Waals surface area contributed by atoms with Crippen molar-refractivity contribution in [2.24, 2.45) is 0 Å². The summed E-state index contributed by atoms with van der Waals surface area (Å²) in [6.45, 7) is 0. The lowest BCUT2D eigenvalue weighted by Crippen LogP contribution is -1.94. The Bertz CT molecular complexity index is 390. The minimum atomic E-state index is 0.779. The second-order valence-electron chi connectivity index (χ2n) is 4.25. The maximum absolute atomic E-state index is 2.47. The molecule has 1 aromatic rings. The first-order valence-corrected chi connectivity index (χ1v) is 6.34. The molecule has 1 atom stereocenters. The summed E-state index contributed by atoms with van der Waals surface area (Å²) in [6.07, 6.45) is 8.67. The van der Waals surface area contributed by atoms with Crippen LogP contribution in [-0.2, 0) is 12.8 Å². The van der Waals surface area contributed by atoms with E-state index in [0.29, 0.717) is 0 Å². The van der Waals surface area contributed by atoms with Gasteiger partial charge in [-0.05, 0) is 47.1 Å². The zero-order chi connectivity index (χ0) is 8.84. The van der Waals surface area contributed by atoms with Gasteiger partial charge in [-0.15, -0.1) is 0 Å². The maximum atomic E-state index is 2.47. The number of aryl methyl sites for hydroxylation is 2. The minimum absolute atomic E-state index is 0.779. The fourth-order valence-electron chi connectivity index (χ4n) is 2.55. The Morgan fingerprint density at radius 1 is 1.15 bits per heavy atom. The van der Waals surface area contributed by atoms with Gasteiger partial charge in [0.15, 0.2) is 0 Å². The summed E-state index contributed by atoms with van der Waals surface area (Å²) < 4.78 is 0. The molecule has 0 saturated carbocycles. The van der Waals surface area contributed by atoms with Gasteiger partial charge in [-0.2, -0.15) is 0 Å². The Labute approximate surface area is 82.1 Å². The van der Waals surface area contributed by atoms with Crippen LogP contribution in [0.5, 0.6) is 0 Å². The predicted molar refractivity (Wildman–Crippen MR) is 60.2 cm³/mol. The van der Waals surface area contributed by atoms with Crippen molar-refractivity contribution >= 4 is 16.3 Å². The van der Waals surface area contributed by atoms with Crippen LogP contribution in [0.2, 0.25) is 0 Å². The molecule has 0 aliphatic heterocycles. The van der Waals surface area contributed by atoms with Gasteiger partial charge in [-0.1, -0.05) is 24.3 Å². The van der Waals surface area contributed by atoms with E-state index in [0.717, 1.165) is 5.54 Å². The number of rotatable bonds is 0. The van der Waals surface area contributed by atoms with Gasteiger partial charge in [0.25, 0.3) is 0 Å². The fraction of sp³-hybridized carbons (Fsp3) is 0.333. The largest absolute Gasteiger partial charge is 0.0801 e. The summed E-state index contributed by atoms with van der Waals surface area (Å²) in [5.41, 5.74) is 7.12. The van der Waals surface area contributed by atoms with E-state index in [-0.39, 0.29) is 0 Å². The minimum Gasteiger partial charge on any atom is -0.0801 e. The molecule has 0 spiro atoms. The maximum Gasteiger partial charge on any atom is 0.0171 e. The van der Waals surface area contributed by atoms with E-state index in [4.69, 9.17) is 0 Å². The summed E-state index contributed by atoms with van der Waals surface area (Å²) in [7, 11) is 1.26. The van der Waals surface area contributed by atoms with E-state index >= 15 is 0 Å². The Hall–Kier alpha value is -0.823. The molecule has 0 saturated heterocycles. The highest BCUT2D eigenvalue weighted by Crippen LogP contribution is 2.33. The molecule has 2 aliphatic carbocycles. The molecule has 1 heteroatoms. The standard InChI is InChI=1S/C12H14Si/c13-12-5-4-10-6-8-2-1-3-9(8)7-11(10)12/h4-7,12H,1-3H2,13H3. The van der Waals surface area contributed by atoms with Crippen molar-refractivity contribution in [3.8, 4) is 0 Å². The van der Waals surface area contributed by atoms with E-state index in [1.54, 1.807) is 16.7 Å². The Balaban J connectivity index is 2.20. The van der Waals surface area contributed by atoms with Crippen molar-refractivity contribution in [3.05, 3.63) is 40.5 Å². The van der Waals surface area contributed by atoms with Crippen LogP contribution in [-0.4, -0.2) is 10.2 Å². The highest BCUT2D eigenvalue weighted by molar-refractivity contribution is 6.15. The molecule has 13 heavy (non-hydrogen) atoms. The molecule has 0 heterocycles. The van der Waals surface area contributed by atoms with Crippen LogP contribution in [0.1, 0.15) is 34.2 Å². The summed E-state index contributed by atoms with van der Waals surface area (Å²) in [5, 5.41) is 0. The summed E-state index contributed by atoms with van der Waals surface area (Å²) in [4.78, 5) is 0. The van der Waals surface area contributed by atoms with Crippen LogP contribution in [0.3, 0.4) is 0 Å². The zero-order valence-corrected chi connectivity index (χ0v) is 10.0. The second-order valence-corrected chi connectivity index (χ2v) is 5.50. The van der Waals surface area contributed by atoms with Crippen LogP contribution >= 0.6 is 0 Å². The second kappa shape index (κ2) is 2.58. The highest BCUT2D eigenvalue weighted by atomic mass is 28.1. The Morgan fingerprint density at radius 2 is 1.92 bits per heavy atom. The molecular weight excluding hydrogens is 172 g/mol. The van der Waals surface area contributed by atoms with Crippen molar-refractivity contribution in [2.75, 3.05) is 0 Å². The first kappa shape index (κ1) is 7.57. The average molecular weight is 186 g/mol. The van der Waals surface area contributed by atoms with Crippen molar-refractivity contribution in [1.82, 2.24) is 0 Å². The molecule has 0 N–H and O–H groups in total. The smallest absolute Gasteiger partial charge is 0.0171 e. The first-order chi connectivity index (χ1) is 6.34. The van der Waals surface area contributed by atoms with Crippen molar-refractivity contribution in [1.29, 1.82) is 0 Å². The van der Waals surface area contributed by atoms with Gasteiger partial charge in [0.2, 0.25) is 0 Å². The third kappa shape index (κ3) is 1.03. The molecule has 0 amide bonds. The SMILES string of the molecule is [SiH3]C1C=Cc2cc3c(cc21)CCC3. The number of hydrogen-bond donors (Lipinski definition) is 0. The van der Waals surface area contributed by atoms with Crippen LogP contribution in [0.4, 0.5) is 0 Å². The molecule has 1 unspecified atom stereocenters. The van der Waals surface area contributed by atoms with Gasteiger partial charge in [0.05, 0.1) is 0 Å². The van der Waals surface area contributed by atoms with Gasteiger partial charge >= 0.3 is 0 Å². The van der Waals surface area contributed by atoms with E-state index in [9.17, 15) is 0 Å². The van der Waals surface area contributed by atoms with Crippen LogP contribution in [0, 0.1) is 0 Å². The van der Waals surface area contributed by atoms with E-state index in [2.05, 4.69) is 24.3 Å². The lowest BCUT2D eigenvalue weighted by molar-refractivity contribution is 0.911. The number of benzene rings is 1. The van der Waals surface area contributed by atoms with Gasteiger partial charge < -0.3 is 0 Å². The van der Waals surface area contributed by atoms with Gasteiger partial charge in [-0.25, -0.2) is 0 Å². The van der Waals surface area contributed by atoms with Crippen LogP contribution < -0.4 is 0 Å². The normalized spacial score (nSPS) is 23.5. The Kier molecular flexibility index (Phi) is 1.50. The third-order valence-corrected chi connectivity index (χ3v) is 4.36. The lowest BCUT2D eigenvalue weighted by atomic mass is 10.0. The van der Waals surface area contributed by atoms with E-state index in [1.807, 2.05) is 0 Å². The molecule has 3 rings (SSSR count).